The summed E-state index contributed by atoms with van der Waals surface area (Å²) in [7, 11) is 1.44. The van der Waals surface area contributed by atoms with Gasteiger partial charge in [-0.1, -0.05) is 41.4 Å². The minimum Gasteiger partial charge on any atom is -0.507 e. The van der Waals surface area contributed by atoms with Gasteiger partial charge in [-0.2, -0.15) is 0 Å². The van der Waals surface area contributed by atoms with Gasteiger partial charge in [0.25, 0.3) is 0 Å². The highest BCUT2D eigenvalue weighted by Gasteiger charge is 2.25. The van der Waals surface area contributed by atoms with E-state index in [1.54, 1.807) is 36.5 Å². The number of aromatic nitrogens is 1. The zero-order valence-corrected chi connectivity index (χ0v) is 19.3. The van der Waals surface area contributed by atoms with E-state index < -0.39 is 11.7 Å². The number of halogens is 1. The van der Waals surface area contributed by atoms with Crippen LogP contribution in [0.3, 0.4) is 0 Å². The topological polar surface area (TPSA) is 96.7 Å². The highest BCUT2D eigenvalue weighted by atomic mass is 35.5. The number of Topliss-reactive ketones (excluding diaryl/α,β-unsaturated/α-hetero) is 1. The third-order valence-electron chi connectivity index (χ3n) is 5.22. The summed E-state index contributed by atoms with van der Waals surface area (Å²) in [6, 6.07) is 11.8. The molecule has 0 amide bonds. The Balaban J connectivity index is 2.07. The molecule has 7 heteroatoms. The molecular weight excluding hydrogens is 442 g/mol. The first kappa shape index (κ1) is 24.0. The van der Waals surface area contributed by atoms with Crippen molar-refractivity contribution in [1.82, 2.24) is 4.98 Å². The third kappa shape index (κ3) is 5.59. The Morgan fingerprint density at radius 3 is 2.45 bits per heavy atom. The van der Waals surface area contributed by atoms with Crippen molar-refractivity contribution >= 4 is 23.4 Å². The average Bonchev–Trinajstić information content (AvgIpc) is 2.77. The number of rotatable bonds is 8. The Kier molecular flexibility index (Phi) is 7.51. The molecule has 1 heterocycles. The Morgan fingerprint density at radius 2 is 1.82 bits per heavy atom. The summed E-state index contributed by atoms with van der Waals surface area (Å²) in [5.41, 5.74) is 3.52. The number of aromatic hydroxyl groups is 1. The number of carbonyl (C=O) groups excluding carboxylic acids is 1. The molecule has 3 aromatic rings. The van der Waals surface area contributed by atoms with Crippen molar-refractivity contribution in [2.24, 2.45) is 0 Å². The number of carboxylic acids is 1. The number of benzene rings is 2. The first-order valence-electron chi connectivity index (χ1n) is 10.2. The van der Waals surface area contributed by atoms with Crippen molar-refractivity contribution in [1.29, 1.82) is 0 Å². The number of ketones is 1. The van der Waals surface area contributed by atoms with Gasteiger partial charge in [-0.25, -0.2) is 9.78 Å². The summed E-state index contributed by atoms with van der Waals surface area (Å²) < 4.78 is 5.40. The van der Waals surface area contributed by atoms with Crippen molar-refractivity contribution in [2.45, 2.75) is 26.7 Å². The lowest BCUT2D eigenvalue weighted by molar-refractivity contribution is 0.0692. The van der Waals surface area contributed by atoms with E-state index in [0.717, 1.165) is 16.7 Å². The number of aromatic carboxylic acids is 1. The second-order valence-electron chi connectivity index (χ2n) is 7.77. The van der Waals surface area contributed by atoms with Crippen LogP contribution >= 0.6 is 11.6 Å². The molecular formula is C26H24ClNO5. The lowest BCUT2D eigenvalue weighted by Gasteiger charge is -2.17. The molecule has 0 saturated heterocycles. The quantitative estimate of drug-likeness (QED) is 0.250. The van der Waals surface area contributed by atoms with Gasteiger partial charge in [-0.15, -0.1) is 0 Å². The standard InChI is InChI=1S/C26H24ClNO5/c1-15(2)7-8-19-20(25(26(31)32)22(30)14-23(19)33-3)13-21(29)18-6-4-5-16(11-18)17-9-10-28-24(27)12-17/h4-7,9-12,14,30H,8,13H2,1-3H3,(H,31,32). The first-order valence-corrected chi connectivity index (χ1v) is 10.6. The molecule has 33 heavy (non-hydrogen) atoms. The van der Waals surface area contributed by atoms with E-state index in [9.17, 15) is 19.8 Å². The third-order valence-corrected chi connectivity index (χ3v) is 5.42. The molecule has 2 N–H and O–H groups in total. The van der Waals surface area contributed by atoms with Crippen LogP contribution in [-0.2, 0) is 12.8 Å². The van der Waals surface area contributed by atoms with Gasteiger partial charge in [-0.05, 0) is 55.2 Å². The number of hydrogen-bond donors (Lipinski definition) is 2. The first-order chi connectivity index (χ1) is 15.7. The summed E-state index contributed by atoms with van der Waals surface area (Å²) in [6.07, 6.45) is 3.66. The van der Waals surface area contributed by atoms with Gasteiger partial charge in [0.2, 0.25) is 0 Å². The lowest BCUT2D eigenvalue weighted by atomic mass is 9.90. The monoisotopic (exact) mass is 465 g/mol. The largest absolute Gasteiger partial charge is 0.507 e. The molecule has 3 rings (SSSR count). The van der Waals surface area contributed by atoms with Crippen LogP contribution in [0.25, 0.3) is 11.1 Å². The fourth-order valence-electron chi connectivity index (χ4n) is 3.60. The number of allylic oxidation sites excluding steroid dienone is 2. The summed E-state index contributed by atoms with van der Waals surface area (Å²) in [4.78, 5) is 29.2. The zero-order chi connectivity index (χ0) is 24.1. The zero-order valence-electron chi connectivity index (χ0n) is 18.6. The lowest BCUT2D eigenvalue weighted by Crippen LogP contribution is -2.13. The molecule has 6 nitrogen and oxygen atoms in total. The fraction of sp³-hybridized carbons (Fsp3) is 0.192. The van der Waals surface area contributed by atoms with Gasteiger partial charge >= 0.3 is 5.97 Å². The summed E-state index contributed by atoms with van der Waals surface area (Å²) in [5, 5.41) is 20.5. The van der Waals surface area contributed by atoms with E-state index in [2.05, 4.69) is 4.98 Å². The summed E-state index contributed by atoms with van der Waals surface area (Å²) >= 11 is 5.99. The predicted molar refractivity (Wildman–Crippen MR) is 127 cm³/mol. The van der Waals surface area contributed by atoms with Gasteiger partial charge in [0.15, 0.2) is 5.78 Å². The number of carbonyl (C=O) groups is 2. The number of phenols is 1. The number of ether oxygens (including phenoxy) is 1. The van der Waals surface area contributed by atoms with E-state index in [-0.39, 0.29) is 23.3 Å². The van der Waals surface area contributed by atoms with Gasteiger partial charge < -0.3 is 14.9 Å². The molecule has 0 bridgehead atoms. The molecule has 0 aliphatic heterocycles. The SMILES string of the molecule is COc1cc(O)c(C(=O)O)c(CC(=O)c2cccc(-c3ccnc(Cl)c3)c2)c1CC=C(C)C. The molecule has 0 radical (unpaired) electrons. The van der Waals surface area contributed by atoms with Crippen molar-refractivity contribution in [3.8, 4) is 22.6 Å². The van der Waals surface area contributed by atoms with Gasteiger partial charge in [0.05, 0.1) is 7.11 Å². The summed E-state index contributed by atoms with van der Waals surface area (Å²) in [5.74, 6) is -1.71. The maximum Gasteiger partial charge on any atom is 0.339 e. The normalized spacial score (nSPS) is 10.5. The average molecular weight is 466 g/mol. The van der Waals surface area contributed by atoms with E-state index in [4.69, 9.17) is 16.3 Å². The van der Waals surface area contributed by atoms with Crippen molar-refractivity contribution in [2.75, 3.05) is 7.11 Å². The van der Waals surface area contributed by atoms with Crippen molar-refractivity contribution in [3.05, 3.63) is 87.7 Å². The van der Waals surface area contributed by atoms with E-state index in [1.807, 2.05) is 26.0 Å². The molecule has 0 fully saturated rings. The van der Waals surface area contributed by atoms with Crippen LogP contribution in [0.15, 0.2) is 60.3 Å². The number of hydrogen-bond acceptors (Lipinski definition) is 5. The number of carboxylic acid groups (broad SMARTS) is 1. The van der Waals surface area contributed by atoms with E-state index in [1.165, 1.54) is 13.2 Å². The predicted octanol–water partition coefficient (Wildman–Crippen LogP) is 5.75. The smallest absolute Gasteiger partial charge is 0.339 e. The second kappa shape index (κ2) is 10.3. The Labute approximate surface area is 197 Å². The number of pyridine rings is 1. The maximum absolute atomic E-state index is 13.3. The molecule has 170 valence electrons. The highest BCUT2D eigenvalue weighted by Crippen LogP contribution is 2.35. The van der Waals surface area contributed by atoms with E-state index >= 15 is 0 Å². The second-order valence-corrected chi connectivity index (χ2v) is 8.16. The van der Waals surface area contributed by atoms with Crippen LogP contribution in [0.2, 0.25) is 5.15 Å². The molecule has 0 aliphatic rings. The molecule has 0 atom stereocenters. The molecule has 0 saturated carbocycles. The van der Waals surface area contributed by atoms with Crippen LogP contribution in [-0.4, -0.2) is 34.1 Å². The van der Waals surface area contributed by atoms with Crippen molar-refractivity contribution in [3.63, 3.8) is 0 Å². The molecule has 0 spiro atoms. The van der Waals surface area contributed by atoms with Gasteiger partial charge in [-0.3, -0.25) is 4.79 Å². The molecule has 2 aromatic carbocycles. The van der Waals surface area contributed by atoms with Crippen LogP contribution in [0.4, 0.5) is 0 Å². The van der Waals surface area contributed by atoms with Crippen LogP contribution in [0, 0.1) is 0 Å². The van der Waals surface area contributed by atoms with Crippen molar-refractivity contribution < 1.29 is 24.5 Å². The Morgan fingerprint density at radius 1 is 1.09 bits per heavy atom. The number of nitrogens with zero attached hydrogens (tertiary/aromatic N) is 1. The maximum atomic E-state index is 13.3. The van der Waals surface area contributed by atoms with E-state index in [0.29, 0.717) is 28.5 Å². The molecule has 1 aromatic heterocycles. The fourth-order valence-corrected chi connectivity index (χ4v) is 3.77. The van der Waals surface area contributed by atoms with Crippen LogP contribution < -0.4 is 4.74 Å². The van der Waals surface area contributed by atoms with Crippen LogP contribution in [0.1, 0.15) is 45.7 Å². The Bertz CT molecular complexity index is 1250. The summed E-state index contributed by atoms with van der Waals surface area (Å²) in [6.45, 7) is 3.85. The highest BCUT2D eigenvalue weighted by molar-refractivity contribution is 6.29. The minimum absolute atomic E-state index is 0.209. The Hall–Kier alpha value is -3.64. The number of methoxy groups -OCH3 is 1. The van der Waals surface area contributed by atoms with Gasteiger partial charge in [0.1, 0.15) is 22.2 Å². The van der Waals surface area contributed by atoms with Gasteiger partial charge in [0, 0.05) is 29.8 Å². The van der Waals surface area contributed by atoms with Crippen LogP contribution in [0.5, 0.6) is 11.5 Å². The molecule has 0 aliphatic carbocycles. The minimum atomic E-state index is -1.31. The molecule has 0 unspecified atom stereocenters.